The summed E-state index contributed by atoms with van der Waals surface area (Å²) in [4.78, 5) is 2.47. The van der Waals surface area contributed by atoms with Gasteiger partial charge in [-0.2, -0.15) is 0 Å². The molecule has 2 heteroatoms. The maximum absolute atomic E-state index is 2.47. The highest BCUT2D eigenvalue weighted by Gasteiger charge is 2.10. The fraction of sp³-hybridized carbons (Fsp3) is 1.00. The van der Waals surface area contributed by atoms with E-state index in [4.69, 9.17) is 0 Å². The van der Waals surface area contributed by atoms with E-state index in [2.05, 4.69) is 32.8 Å². The van der Waals surface area contributed by atoms with Crippen molar-refractivity contribution in [3.63, 3.8) is 0 Å². The van der Waals surface area contributed by atoms with Crippen molar-refractivity contribution in [3.05, 3.63) is 0 Å². The molecule has 0 aliphatic rings. The molecule has 0 fully saturated rings. The van der Waals surface area contributed by atoms with Gasteiger partial charge in [-0.3, -0.25) is 0 Å². The Morgan fingerprint density at radius 2 is 0.760 bits per heavy atom. The highest BCUT2D eigenvalue weighted by Crippen LogP contribution is 2.17. The van der Waals surface area contributed by atoms with Crippen LogP contribution in [0.4, 0.5) is 0 Å². The summed E-state index contributed by atoms with van der Waals surface area (Å²) < 4.78 is 0. The van der Waals surface area contributed by atoms with Crippen LogP contribution in [0.1, 0.15) is 129 Å². The van der Waals surface area contributed by atoms with Crippen LogP contribution in [0, 0.1) is 0 Å². The molecule has 0 amide bonds. The second-order valence-corrected chi connectivity index (χ2v) is 8.14. The lowest BCUT2D eigenvalue weighted by molar-refractivity contribution is 0.251. The zero-order valence-electron chi connectivity index (χ0n) is 18.2. The van der Waals surface area contributed by atoms with Crippen LogP contribution in [0.5, 0.6) is 0 Å². The molecule has 1 unspecified atom stereocenters. The van der Waals surface area contributed by atoms with E-state index in [1.165, 1.54) is 116 Å². The monoisotopic (exact) mass is 419 g/mol. The number of unbranched alkanes of at least 4 members (excludes halogenated alkanes) is 14. The van der Waals surface area contributed by atoms with Crippen molar-refractivity contribution in [2.24, 2.45) is 0 Å². The normalized spacial score (nSPS) is 12.4. The first-order valence-corrected chi connectivity index (χ1v) is 11.4. The van der Waals surface area contributed by atoms with Crippen molar-refractivity contribution in [1.29, 1.82) is 0 Å². The smallest absolute Gasteiger partial charge is 0.00891 e. The molecule has 0 aromatic rings. The van der Waals surface area contributed by atoms with Crippen molar-refractivity contribution >= 4 is 17.0 Å². The summed E-state index contributed by atoms with van der Waals surface area (Å²) in [6.45, 7) is 4.60. The Morgan fingerprint density at radius 1 is 0.480 bits per heavy atom. The van der Waals surface area contributed by atoms with Gasteiger partial charge in [0.2, 0.25) is 0 Å². The van der Waals surface area contributed by atoms with Gasteiger partial charge in [0.1, 0.15) is 0 Å². The SMILES string of the molecule is Br.CCCCCCCCCCCC(CCCCCCCCC)N(C)C. The van der Waals surface area contributed by atoms with Gasteiger partial charge in [-0.25, -0.2) is 0 Å². The molecule has 0 bridgehead atoms. The van der Waals surface area contributed by atoms with E-state index < -0.39 is 0 Å². The van der Waals surface area contributed by atoms with Crippen LogP contribution in [0.15, 0.2) is 0 Å². The van der Waals surface area contributed by atoms with Crippen LogP contribution < -0.4 is 0 Å². The van der Waals surface area contributed by atoms with Crippen LogP contribution in [-0.2, 0) is 0 Å². The molecule has 1 atom stereocenters. The zero-order chi connectivity index (χ0) is 17.9. The van der Waals surface area contributed by atoms with Gasteiger partial charge < -0.3 is 4.90 Å². The highest BCUT2D eigenvalue weighted by atomic mass is 79.9. The maximum atomic E-state index is 2.47. The van der Waals surface area contributed by atoms with Crippen LogP contribution in [0.2, 0.25) is 0 Å². The third-order valence-corrected chi connectivity index (χ3v) is 5.51. The van der Waals surface area contributed by atoms with E-state index in [1.807, 2.05) is 0 Å². The predicted octanol–water partition coefficient (Wildman–Crippen LogP) is 8.56. The number of rotatable bonds is 19. The number of hydrogen-bond donors (Lipinski definition) is 0. The predicted molar refractivity (Wildman–Crippen MR) is 122 cm³/mol. The molecule has 154 valence electrons. The lowest BCUT2D eigenvalue weighted by Crippen LogP contribution is -2.27. The fourth-order valence-electron chi connectivity index (χ4n) is 3.69. The Morgan fingerprint density at radius 3 is 1.04 bits per heavy atom. The van der Waals surface area contributed by atoms with Crippen LogP contribution in [0.25, 0.3) is 0 Å². The molecule has 0 rings (SSSR count). The Bertz CT molecular complexity index is 230. The third kappa shape index (κ3) is 20.6. The molecule has 1 nitrogen and oxygen atoms in total. The Hall–Kier alpha value is 0.440. The lowest BCUT2D eigenvalue weighted by atomic mass is 9.99. The minimum Gasteiger partial charge on any atom is -0.306 e. The van der Waals surface area contributed by atoms with Gasteiger partial charge in [0, 0.05) is 6.04 Å². The summed E-state index contributed by atoms with van der Waals surface area (Å²) >= 11 is 0. The van der Waals surface area contributed by atoms with Crippen molar-refractivity contribution < 1.29 is 0 Å². The maximum Gasteiger partial charge on any atom is 0.00891 e. The number of nitrogens with zero attached hydrogens (tertiary/aromatic N) is 1. The van der Waals surface area contributed by atoms with E-state index in [0.717, 1.165) is 6.04 Å². The molecule has 0 saturated carbocycles. The van der Waals surface area contributed by atoms with Gasteiger partial charge in [-0.15, -0.1) is 17.0 Å². The standard InChI is InChI=1S/C23H49N.BrH/c1-5-7-9-11-13-14-16-18-20-22-23(24(3)4)21-19-17-15-12-10-8-6-2;/h23H,5-22H2,1-4H3;1H. The lowest BCUT2D eigenvalue weighted by Gasteiger charge is -2.24. The quantitative estimate of drug-likeness (QED) is 0.189. The molecule has 0 aliphatic carbocycles. The van der Waals surface area contributed by atoms with E-state index in [9.17, 15) is 0 Å². The van der Waals surface area contributed by atoms with E-state index in [0.29, 0.717) is 0 Å². The molecule has 0 spiro atoms. The number of hydrogen-bond acceptors (Lipinski definition) is 1. The average Bonchev–Trinajstić information content (AvgIpc) is 2.57. The molecular formula is C23H50BrN. The van der Waals surface area contributed by atoms with Crippen LogP contribution >= 0.6 is 17.0 Å². The van der Waals surface area contributed by atoms with E-state index >= 15 is 0 Å². The first kappa shape index (κ1) is 27.7. The molecular weight excluding hydrogens is 370 g/mol. The first-order chi connectivity index (χ1) is 11.7. The minimum absolute atomic E-state index is 0. The molecule has 0 radical (unpaired) electrons. The molecule has 25 heavy (non-hydrogen) atoms. The van der Waals surface area contributed by atoms with Gasteiger partial charge in [-0.1, -0.05) is 117 Å². The molecule has 0 N–H and O–H groups in total. The summed E-state index contributed by atoms with van der Waals surface area (Å²) in [6.07, 6.45) is 25.9. The van der Waals surface area contributed by atoms with E-state index in [-0.39, 0.29) is 17.0 Å². The Kier molecular flexibility index (Phi) is 24.9. The minimum atomic E-state index is 0. The molecule has 0 saturated heterocycles. The van der Waals surface area contributed by atoms with Gasteiger partial charge in [-0.05, 0) is 26.9 Å². The molecule has 0 aromatic heterocycles. The molecule has 0 aromatic carbocycles. The fourth-order valence-corrected chi connectivity index (χ4v) is 3.69. The molecule has 0 heterocycles. The topological polar surface area (TPSA) is 3.24 Å². The Balaban J connectivity index is 0. The van der Waals surface area contributed by atoms with Gasteiger partial charge >= 0.3 is 0 Å². The van der Waals surface area contributed by atoms with Gasteiger partial charge in [0.25, 0.3) is 0 Å². The van der Waals surface area contributed by atoms with E-state index in [1.54, 1.807) is 0 Å². The van der Waals surface area contributed by atoms with Crippen molar-refractivity contribution in [2.75, 3.05) is 14.1 Å². The van der Waals surface area contributed by atoms with Crippen LogP contribution in [-0.4, -0.2) is 25.0 Å². The summed E-state index contributed by atoms with van der Waals surface area (Å²) in [5.41, 5.74) is 0. The van der Waals surface area contributed by atoms with Crippen molar-refractivity contribution in [2.45, 2.75) is 135 Å². The summed E-state index contributed by atoms with van der Waals surface area (Å²) in [6, 6.07) is 0.824. The van der Waals surface area contributed by atoms with Crippen molar-refractivity contribution in [3.8, 4) is 0 Å². The molecule has 0 aliphatic heterocycles. The zero-order valence-corrected chi connectivity index (χ0v) is 19.9. The van der Waals surface area contributed by atoms with Crippen molar-refractivity contribution in [1.82, 2.24) is 4.90 Å². The summed E-state index contributed by atoms with van der Waals surface area (Å²) in [5, 5.41) is 0. The Labute approximate surface area is 171 Å². The van der Waals surface area contributed by atoms with Crippen LogP contribution in [0.3, 0.4) is 0 Å². The average molecular weight is 421 g/mol. The van der Waals surface area contributed by atoms with Gasteiger partial charge in [0.05, 0.1) is 0 Å². The second-order valence-electron chi connectivity index (χ2n) is 8.14. The number of halogens is 1. The largest absolute Gasteiger partial charge is 0.306 e. The summed E-state index contributed by atoms with van der Waals surface area (Å²) in [7, 11) is 4.55. The first-order valence-electron chi connectivity index (χ1n) is 11.4. The highest BCUT2D eigenvalue weighted by molar-refractivity contribution is 8.93. The third-order valence-electron chi connectivity index (χ3n) is 5.51. The van der Waals surface area contributed by atoms with Gasteiger partial charge in [0.15, 0.2) is 0 Å². The summed E-state index contributed by atoms with van der Waals surface area (Å²) in [5.74, 6) is 0. The second kappa shape index (κ2) is 22.5.